The maximum Gasteiger partial charge on any atom is 0.416 e. The van der Waals surface area contributed by atoms with Gasteiger partial charge in [0, 0.05) is 0 Å². The van der Waals surface area contributed by atoms with E-state index in [9.17, 15) is 26.4 Å². The molecule has 0 saturated heterocycles. The summed E-state index contributed by atoms with van der Waals surface area (Å²) in [6, 6.07) is 11.4. The van der Waals surface area contributed by atoms with Gasteiger partial charge in [0.15, 0.2) is 0 Å². The molecule has 3 rings (SSSR count). The Balaban J connectivity index is 1.81. The largest absolute Gasteiger partial charge is 0.416 e. The highest BCUT2D eigenvalue weighted by molar-refractivity contribution is 7.92. The molecule has 2 aromatic carbocycles. The van der Waals surface area contributed by atoms with E-state index in [-0.39, 0.29) is 11.7 Å². The number of sulfonamides is 1. The lowest BCUT2D eigenvalue weighted by atomic mass is 9.88. The van der Waals surface area contributed by atoms with Gasteiger partial charge in [-0.1, -0.05) is 30.3 Å². The normalized spacial score (nSPS) is 16.8. The third-order valence-corrected chi connectivity index (χ3v) is 5.99. The number of benzene rings is 2. The van der Waals surface area contributed by atoms with E-state index in [4.69, 9.17) is 0 Å². The van der Waals surface area contributed by atoms with Crippen LogP contribution in [0.5, 0.6) is 0 Å². The number of carbonyl (C=O) groups is 1. The summed E-state index contributed by atoms with van der Waals surface area (Å²) in [6.07, 6.45) is -1.26. The van der Waals surface area contributed by atoms with Crippen LogP contribution in [0.25, 0.3) is 0 Å². The Morgan fingerprint density at radius 1 is 1.17 bits per heavy atom. The molecule has 0 saturated carbocycles. The number of amides is 1. The van der Waals surface area contributed by atoms with Crippen LogP contribution < -0.4 is 9.62 Å². The third kappa shape index (κ3) is 5.09. The molecule has 29 heavy (non-hydrogen) atoms. The lowest BCUT2D eigenvalue weighted by molar-refractivity contribution is -0.137. The van der Waals surface area contributed by atoms with Crippen LogP contribution in [-0.4, -0.2) is 27.1 Å². The number of anilines is 1. The molecule has 1 aliphatic rings. The first-order valence-electron chi connectivity index (χ1n) is 9.08. The van der Waals surface area contributed by atoms with E-state index in [2.05, 4.69) is 5.32 Å². The summed E-state index contributed by atoms with van der Waals surface area (Å²) in [7, 11) is -3.97. The average Bonchev–Trinajstić information content (AvgIpc) is 2.65. The zero-order valence-electron chi connectivity index (χ0n) is 15.7. The number of nitrogens with one attached hydrogen (secondary N) is 1. The first kappa shape index (κ1) is 21.2. The number of halogens is 3. The molecule has 1 amide bonds. The molecule has 156 valence electrons. The standard InChI is InChI=1S/C20H21F3N2O3S/c1-29(27,28)25(16-9-5-8-15(12-16)20(21,22)23)13-19(26)24-18-11-4-7-14-6-2-3-10-17(14)18/h2-3,5-6,8-10,12,18H,4,7,11,13H2,1H3,(H,24,26). The zero-order valence-corrected chi connectivity index (χ0v) is 16.6. The van der Waals surface area contributed by atoms with Gasteiger partial charge in [-0.15, -0.1) is 0 Å². The van der Waals surface area contributed by atoms with Crippen molar-refractivity contribution in [2.24, 2.45) is 0 Å². The van der Waals surface area contributed by atoms with Crippen LogP contribution >= 0.6 is 0 Å². The second kappa shape index (κ2) is 8.06. The highest BCUT2D eigenvalue weighted by Gasteiger charge is 2.32. The minimum Gasteiger partial charge on any atom is -0.348 e. The van der Waals surface area contributed by atoms with E-state index in [0.29, 0.717) is 10.7 Å². The Morgan fingerprint density at radius 3 is 2.59 bits per heavy atom. The molecule has 5 nitrogen and oxygen atoms in total. The van der Waals surface area contributed by atoms with Crippen molar-refractivity contribution in [1.29, 1.82) is 0 Å². The second-order valence-corrected chi connectivity index (χ2v) is 8.94. The van der Waals surface area contributed by atoms with Crippen LogP contribution in [0.4, 0.5) is 18.9 Å². The number of nitrogens with zero attached hydrogens (tertiary/aromatic N) is 1. The molecule has 0 spiro atoms. The summed E-state index contributed by atoms with van der Waals surface area (Å²) >= 11 is 0. The first-order valence-corrected chi connectivity index (χ1v) is 10.9. The molecule has 1 N–H and O–H groups in total. The average molecular weight is 426 g/mol. The fourth-order valence-corrected chi connectivity index (χ4v) is 4.36. The lowest BCUT2D eigenvalue weighted by Gasteiger charge is -2.28. The van der Waals surface area contributed by atoms with Gasteiger partial charge in [-0.05, 0) is 48.6 Å². The first-order chi connectivity index (χ1) is 13.6. The molecule has 2 aromatic rings. The predicted molar refractivity (Wildman–Crippen MR) is 104 cm³/mol. The van der Waals surface area contributed by atoms with Gasteiger partial charge in [0.05, 0.1) is 23.5 Å². The van der Waals surface area contributed by atoms with Crippen LogP contribution in [-0.2, 0) is 27.4 Å². The Kier molecular flexibility index (Phi) is 5.88. The van der Waals surface area contributed by atoms with Crippen molar-refractivity contribution in [2.45, 2.75) is 31.5 Å². The number of fused-ring (bicyclic) bond motifs is 1. The van der Waals surface area contributed by atoms with Crippen LogP contribution in [0.1, 0.15) is 35.6 Å². The molecule has 1 aliphatic carbocycles. The van der Waals surface area contributed by atoms with Crippen molar-refractivity contribution in [1.82, 2.24) is 5.32 Å². The topological polar surface area (TPSA) is 66.5 Å². The Bertz CT molecular complexity index is 1010. The van der Waals surface area contributed by atoms with E-state index in [1.165, 1.54) is 6.07 Å². The van der Waals surface area contributed by atoms with Crippen molar-refractivity contribution in [3.63, 3.8) is 0 Å². The number of alkyl halides is 3. The second-order valence-electron chi connectivity index (χ2n) is 7.03. The number of hydrogen-bond donors (Lipinski definition) is 1. The van der Waals surface area contributed by atoms with E-state index < -0.39 is 34.2 Å². The molecule has 1 unspecified atom stereocenters. The van der Waals surface area contributed by atoms with Gasteiger partial charge < -0.3 is 5.32 Å². The molecule has 9 heteroatoms. The highest BCUT2D eigenvalue weighted by atomic mass is 32.2. The van der Waals surface area contributed by atoms with Gasteiger partial charge in [0.1, 0.15) is 6.54 Å². The predicted octanol–water partition coefficient (Wildman–Crippen LogP) is 3.67. The zero-order chi connectivity index (χ0) is 21.2. The van der Waals surface area contributed by atoms with Gasteiger partial charge in [0.2, 0.25) is 15.9 Å². The van der Waals surface area contributed by atoms with E-state index in [1.54, 1.807) is 0 Å². The van der Waals surface area contributed by atoms with Crippen LogP contribution in [0.3, 0.4) is 0 Å². The fourth-order valence-electron chi connectivity index (χ4n) is 3.51. The van der Waals surface area contributed by atoms with Crippen molar-refractivity contribution < 1.29 is 26.4 Å². The van der Waals surface area contributed by atoms with Gasteiger partial charge in [-0.3, -0.25) is 9.10 Å². The summed E-state index contributed by atoms with van der Waals surface area (Å²) in [5.41, 5.74) is 0.922. The minimum atomic E-state index is -4.62. The summed E-state index contributed by atoms with van der Waals surface area (Å²) in [4.78, 5) is 12.6. The van der Waals surface area contributed by atoms with Crippen molar-refractivity contribution >= 4 is 21.6 Å². The minimum absolute atomic E-state index is 0.207. The van der Waals surface area contributed by atoms with Crippen molar-refractivity contribution in [2.75, 3.05) is 17.1 Å². The number of hydrogen-bond acceptors (Lipinski definition) is 3. The van der Waals surface area contributed by atoms with Crippen LogP contribution in [0.15, 0.2) is 48.5 Å². The molecule has 0 fully saturated rings. The Hall–Kier alpha value is -2.55. The van der Waals surface area contributed by atoms with Crippen LogP contribution in [0.2, 0.25) is 0 Å². The van der Waals surface area contributed by atoms with Crippen molar-refractivity contribution in [3.05, 3.63) is 65.2 Å². The summed E-state index contributed by atoms with van der Waals surface area (Å²) < 4.78 is 64.0. The molecule has 0 aromatic heterocycles. The highest BCUT2D eigenvalue weighted by Crippen LogP contribution is 2.32. The van der Waals surface area contributed by atoms with E-state index >= 15 is 0 Å². The smallest absolute Gasteiger partial charge is 0.348 e. The number of carbonyl (C=O) groups excluding carboxylic acids is 1. The molecular formula is C20H21F3N2O3S. The van der Waals surface area contributed by atoms with Gasteiger partial charge in [0.25, 0.3) is 0 Å². The fraction of sp³-hybridized carbons (Fsp3) is 0.350. The molecule has 0 aliphatic heterocycles. The summed E-state index contributed by atoms with van der Waals surface area (Å²) in [5.74, 6) is -0.575. The number of aryl methyl sites for hydroxylation is 1. The maximum atomic E-state index is 13.0. The maximum absolute atomic E-state index is 13.0. The quantitative estimate of drug-likeness (QED) is 0.794. The Labute approximate surface area is 167 Å². The number of rotatable bonds is 5. The summed E-state index contributed by atoms with van der Waals surface area (Å²) in [5, 5.41) is 2.82. The van der Waals surface area contributed by atoms with E-state index in [0.717, 1.165) is 48.4 Å². The third-order valence-electron chi connectivity index (χ3n) is 4.85. The van der Waals surface area contributed by atoms with Crippen molar-refractivity contribution in [3.8, 4) is 0 Å². The molecular weight excluding hydrogens is 405 g/mol. The van der Waals surface area contributed by atoms with Gasteiger partial charge in [-0.25, -0.2) is 8.42 Å². The molecule has 0 heterocycles. The molecule has 1 atom stereocenters. The van der Waals surface area contributed by atoms with Gasteiger partial charge in [-0.2, -0.15) is 13.2 Å². The van der Waals surface area contributed by atoms with Gasteiger partial charge >= 0.3 is 6.18 Å². The van der Waals surface area contributed by atoms with E-state index in [1.807, 2.05) is 24.3 Å². The Morgan fingerprint density at radius 2 is 1.90 bits per heavy atom. The van der Waals surface area contributed by atoms with Crippen LogP contribution in [0, 0.1) is 0 Å². The SMILES string of the molecule is CS(=O)(=O)N(CC(=O)NC1CCCc2ccccc21)c1cccc(C(F)(F)F)c1. The summed E-state index contributed by atoms with van der Waals surface area (Å²) in [6.45, 7) is -0.598. The monoisotopic (exact) mass is 426 g/mol. The molecule has 0 bridgehead atoms. The lowest BCUT2D eigenvalue weighted by Crippen LogP contribution is -2.42. The molecule has 0 radical (unpaired) electrons.